The summed E-state index contributed by atoms with van der Waals surface area (Å²) in [5.74, 6) is 1.53. The standard InChI is InChI=1S/C27H36N2O4/c1-15(2)9-18-11-21(12-18)27-25(19-6-7-19)26(29-33-27)20(14-24(31)32)13-23(30)28-22-8-5-16(3)17(4)10-22/h5,8,10,15,18-21H,6-7,9,11-14H2,1-4H3,(H,28,30)(H,31,32)/t18?,20-,21?/m1/s1. The fourth-order valence-corrected chi connectivity index (χ4v) is 5.23. The predicted molar refractivity (Wildman–Crippen MR) is 128 cm³/mol. The van der Waals surface area contributed by atoms with Crippen molar-refractivity contribution in [2.24, 2.45) is 11.8 Å². The van der Waals surface area contributed by atoms with E-state index in [0.29, 0.717) is 23.4 Å². The van der Waals surface area contributed by atoms with E-state index in [-0.39, 0.29) is 18.7 Å². The zero-order valence-electron chi connectivity index (χ0n) is 20.2. The molecule has 0 saturated heterocycles. The number of hydrogen-bond donors (Lipinski definition) is 2. The number of amides is 1. The Kier molecular flexibility index (Phi) is 6.91. The van der Waals surface area contributed by atoms with Crippen molar-refractivity contribution in [2.45, 2.75) is 90.4 Å². The maximum Gasteiger partial charge on any atom is 0.304 e. The number of carbonyl (C=O) groups excluding carboxylic acids is 1. The van der Waals surface area contributed by atoms with Gasteiger partial charge < -0.3 is 14.9 Å². The van der Waals surface area contributed by atoms with E-state index in [1.165, 1.54) is 6.42 Å². The van der Waals surface area contributed by atoms with Gasteiger partial charge in [0, 0.05) is 29.5 Å². The molecule has 1 atom stereocenters. The molecule has 0 aliphatic heterocycles. The van der Waals surface area contributed by atoms with Crippen LogP contribution in [0.5, 0.6) is 0 Å². The number of benzene rings is 1. The Hall–Kier alpha value is -2.63. The number of aromatic nitrogens is 1. The molecule has 1 heterocycles. The van der Waals surface area contributed by atoms with Gasteiger partial charge in [-0.3, -0.25) is 9.59 Å². The van der Waals surface area contributed by atoms with Gasteiger partial charge in [-0.25, -0.2) is 0 Å². The Morgan fingerprint density at radius 2 is 1.85 bits per heavy atom. The largest absolute Gasteiger partial charge is 0.481 e. The number of aryl methyl sites for hydroxylation is 2. The second-order valence-corrected chi connectivity index (χ2v) is 10.6. The first-order chi connectivity index (χ1) is 15.7. The van der Waals surface area contributed by atoms with Crippen LogP contribution in [0.15, 0.2) is 22.7 Å². The lowest BCUT2D eigenvalue weighted by Gasteiger charge is -2.35. The minimum Gasteiger partial charge on any atom is -0.481 e. The van der Waals surface area contributed by atoms with E-state index in [0.717, 1.165) is 59.7 Å². The van der Waals surface area contributed by atoms with Crippen LogP contribution in [-0.2, 0) is 9.59 Å². The Balaban J connectivity index is 1.51. The van der Waals surface area contributed by atoms with Crippen LogP contribution in [0.2, 0.25) is 0 Å². The molecule has 0 radical (unpaired) electrons. The third-order valence-corrected chi connectivity index (χ3v) is 7.21. The summed E-state index contributed by atoms with van der Waals surface area (Å²) in [6.45, 7) is 8.55. The maximum atomic E-state index is 12.9. The Labute approximate surface area is 196 Å². The summed E-state index contributed by atoms with van der Waals surface area (Å²) in [6.07, 6.45) is 5.57. The SMILES string of the molecule is Cc1ccc(NC(=O)C[C@H](CC(=O)O)c2noc(C3CC(CC(C)C)C3)c2C2CC2)cc1C. The van der Waals surface area contributed by atoms with E-state index >= 15 is 0 Å². The summed E-state index contributed by atoms with van der Waals surface area (Å²) in [5, 5.41) is 16.9. The highest BCUT2D eigenvalue weighted by Gasteiger charge is 2.42. The van der Waals surface area contributed by atoms with E-state index in [1.807, 2.05) is 32.0 Å². The number of aliphatic carboxylic acids is 1. The average molecular weight is 453 g/mol. The Morgan fingerprint density at radius 3 is 2.45 bits per heavy atom. The van der Waals surface area contributed by atoms with Crippen LogP contribution in [0.3, 0.4) is 0 Å². The van der Waals surface area contributed by atoms with Crippen molar-refractivity contribution >= 4 is 17.6 Å². The van der Waals surface area contributed by atoms with Gasteiger partial charge in [-0.2, -0.15) is 0 Å². The second kappa shape index (κ2) is 9.70. The number of carbonyl (C=O) groups is 2. The molecule has 6 heteroatoms. The van der Waals surface area contributed by atoms with Crippen molar-refractivity contribution < 1.29 is 19.2 Å². The van der Waals surface area contributed by atoms with E-state index in [9.17, 15) is 14.7 Å². The molecule has 2 fully saturated rings. The smallest absolute Gasteiger partial charge is 0.304 e. The third kappa shape index (κ3) is 5.66. The molecule has 2 saturated carbocycles. The molecule has 2 N–H and O–H groups in total. The van der Waals surface area contributed by atoms with Gasteiger partial charge in [0.1, 0.15) is 5.76 Å². The van der Waals surface area contributed by atoms with Crippen molar-refractivity contribution in [3.05, 3.63) is 46.3 Å². The van der Waals surface area contributed by atoms with Crippen LogP contribution in [0, 0.1) is 25.7 Å². The quantitative estimate of drug-likeness (QED) is 0.441. The monoisotopic (exact) mass is 452 g/mol. The fraction of sp³-hybridized carbons (Fsp3) is 0.593. The van der Waals surface area contributed by atoms with Crippen molar-refractivity contribution in [1.82, 2.24) is 5.16 Å². The normalized spacial score (nSPS) is 21.0. The molecule has 0 unspecified atom stereocenters. The zero-order valence-corrected chi connectivity index (χ0v) is 20.2. The Morgan fingerprint density at radius 1 is 1.12 bits per heavy atom. The van der Waals surface area contributed by atoms with Gasteiger partial charge in [0.15, 0.2) is 0 Å². The average Bonchev–Trinajstić information content (AvgIpc) is 3.45. The van der Waals surface area contributed by atoms with E-state index in [2.05, 4.69) is 24.3 Å². The lowest BCUT2D eigenvalue weighted by atomic mass is 9.69. The van der Waals surface area contributed by atoms with Crippen LogP contribution >= 0.6 is 0 Å². The molecule has 2 aliphatic carbocycles. The highest BCUT2D eigenvalue weighted by atomic mass is 16.5. The second-order valence-electron chi connectivity index (χ2n) is 10.6. The van der Waals surface area contributed by atoms with Gasteiger partial charge >= 0.3 is 5.97 Å². The van der Waals surface area contributed by atoms with Crippen LogP contribution in [0.1, 0.15) is 105 Å². The molecule has 4 rings (SSSR count). The molecule has 1 aromatic carbocycles. The molecule has 1 aromatic heterocycles. The molecule has 33 heavy (non-hydrogen) atoms. The van der Waals surface area contributed by atoms with Crippen molar-refractivity contribution in [2.75, 3.05) is 5.32 Å². The number of carboxylic acid groups (broad SMARTS) is 1. The molecule has 0 bridgehead atoms. The predicted octanol–water partition coefficient (Wildman–Crippen LogP) is 6.30. The highest BCUT2D eigenvalue weighted by molar-refractivity contribution is 5.91. The number of hydrogen-bond acceptors (Lipinski definition) is 4. The van der Waals surface area contributed by atoms with E-state index < -0.39 is 11.9 Å². The maximum absolute atomic E-state index is 12.9. The summed E-state index contributed by atoms with van der Waals surface area (Å²) in [5.41, 5.74) is 4.78. The van der Waals surface area contributed by atoms with Gasteiger partial charge in [-0.05, 0) is 87.0 Å². The van der Waals surface area contributed by atoms with E-state index in [4.69, 9.17) is 4.52 Å². The first-order valence-electron chi connectivity index (χ1n) is 12.3. The summed E-state index contributed by atoms with van der Waals surface area (Å²) < 4.78 is 5.87. The highest BCUT2D eigenvalue weighted by Crippen LogP contribution is 2.52. The van der Waals surface area contributed by atoms with Crippen LogP contribution in [0.4, 0.5) is 5.69 Å². The lowest BCUT2D eigenvalue weighted by molar-refractivity contribution is -0.137. The molecule has 2 aliphatic rings. The zero-order chi connectivity index (χ0) is 23.7. The molecule has 2 aromatic rings. The molecular formula is C27H36N2O4. The first-order valence-corrected chi connectivity index (χ1v) is 12.3. The van der Waals surface area contributed by atoms with Crippen molar-refractivity contribution in [1.29, 1.82) is 0 Å². The minimum atomic E-state index is -0.925. The van der Waals surface area contributed by atoms with Gasteiger partial charge in [0.25, 0.3) is 0 Å². The summed E-state index contributed by atoms with van der Waals surface area (Å²) in [6, 6.07) is 5.79. The topological polar surface area (TPSA) is 92.4 Å². The Bertz CT molecular complexity index is 1020. The molecular weight excluding hydrogens is 416 g/mol. The van der Waals surface area contributed by atoms with Crippen molar-refractivity contribution in [3.8, 4) is 0 Å². The lowest BCUT2D eigenvalue weighted by Crippen LogP contribution is -2.24. The van der Waals surface area contributed by atoms with Crippen LogP contribution < -0.4 is 5.32 Å². The van der Waals surface area contributed by atoms with Crippen LogP contribution in [-0.4, -0.2) is 22.1 Å². The number of nitrogens with one attached hydrogen (secondary N) is 1. The third-order valence-electron chi connectivity index (χ3n) is 7.21. The molecule has 178 valence electrons. The van der Waals surface area contributed by atoms with E-state index in [1.54, 1.807) is 0 Å². The van der Waals surface area contributed by atoms with Crippen molar-refractivity contribution in [3.63, 3.8) is 0 Å². The number of rotatable bonds is 10. The number of carboxylic acids is 1. The fourth-order valence-electron chi connectivity index (χ4n) is 5.23. The van der Waals surface area contributed by atoms with Gasteiger partial charge in [-0.15, -0.1) is 0 Å². The van der Waals surface area contributed by atoms with Crippen LogP contribution in [0.25, 0.3) is 0 Å². The summed E-state index contributed by atoms with van der Waals surface area (Å²) in [7, 11) is 0. The summed E-state index contributed by atoms with van der Waals surface area (Å²) in [4.78, 5) is 24.5. The number of nitrogens with zero attached hydrogens (tertiary/aromatic N) is 1. The van der Waals surface area contributed by atoms with Gasteiger partial charge in [0.05, 0.1) is 12.1 Å². The first kappa shape index (κ1) is 23.5. The molecule has 1 amide bonds. The summed E-state index contributed by atoms with van der Waals surface area (Å²) >= 11 is 0. The molecule has 0 spiro atoms. The van der Waals surface area contributed by atoms with Gasteiger partial charge in [0.2, 0.25) is 5.91 Å². The van der Waals surface area contributed by atoms with Gasteiger partial charge in [-0.1, -0.05) is 25.1 Å². The minimum absolute atomic E-state index is 0.0750. The molecule has 6 nitrogen and oxygen atoms in total. The number of anilines is 1.